The molecule has 0 aliphatic heterocycles. The zero-order chi connectivity index (χ0) is 13.5. The number of hydrogen-bond acceptors (Lipinski definition) is 2. The predicted molar refractivity (Wildman–Crippen MR) is 78.2 cm³/mol. The summed E-state index contributed by atoms with van der Waals surface area (Å²) in [5.41, 5.74) is 6.20. The highest BCUT2D eigenvalue weighted by atomic mass is 35.5. The van der Waals surface area contributed by atoms with Crippen LogP contribution in [0.1, 0.15) is 56.7 Å². The standard InChI is InChI=1S/C16H22ClNO/c1-16(2)10-11-7-8-12(17)9-14(11)15(16)18-19-13-5-3-4-6-13/h7-9,13,15,18H,3-6,10H2,1-2H3. The maximum atomic E-state index is 6.14. The van der Waals surface area contributed by atoms with Crippen molar-refractivity contribution in [3.8, 4) is 0 Å². The van der Waals surface area contributed by atoms with E-state index in [1.165, 1.54) is 36.8 Å². The summed E-state index contributed by atoms with van der Waals surface area (Å²) < 4.78 is 0. The molecule has 0 spiro atoms. The van der Waals surface area contributed by atoms with Gasteiger partial charge in [0, 0.05) is 5.02 Å². The Hall–Kier alpha value is -0.570. The molecule has 0 bridgehead atoms. The average Bonchev–Trinajstić information content (AvgIpc) is 2.92. The largest absolute Gasteiger partial charge is 0.298 e. The van der Waals surface area contributed by atoms with E-state index in [-0.39, 0.29) is 11.5 Å². The van der Waals surface area contributed by atoms with E-state index < -0.39 is 0 Å². The van der Waals surface area contributed by atoms with Gasteiger partial charge in [0.2, 0.25) is 0 Å². The first-order valence-corrected chi connectivity index (χ1v) is 7.63. The molecular formula is C16H22ClNO. The molecule has 0 aromatic heterocycles. The summed E-state index contributed by atoms with van der Waals surface area (Å²) in [6.45, 7) is 4.58. The van der Waals surface area contributed by atoms with E-state index in [9.17, 15) is 0 Å². The molecule has 1 aromatic carbocycles. The first-order chi connectivity index (χ1) is 9.06. The van der Waals surface area contributed by atoms with Crippen LogP contribution >= 0.6 is 11.6 Å². The van der Waals surface area contributed by atoms with Crippen molar-refractivity contribution in [2.45, 2.75) is 58.1 Å². The fraction of sp³-hybridized carbons (Fsp3) is 0.625. The van der Waals surface area contributed by atoms with Gasteiger partial charge in [-0.1, -0.05) is 44.4 Å². The van der Waals surface area contributed by atoms with Gasteiger partial charge in [-0.25, -0.2) is 0 Å². The topological polar surface area (TPSA) is 21.3 Å². The van der Waals surface area contributed by atoms with Gasteiger partial charge < -0.3 is 0 Å². The van der Waals surface area contributed by atoms with Crippen molar-refractivity contribution >= 4 is 11.6 Å². The number of benzene rings is 1. The highest BCUT2D eigenvalue weighted by Gasteiger charge is 2.39. The minimum Gasteiger partial charge on any atom is -0.298 e. The van der Waals surface area contributed by atoms with E-state index >= 15 is 0 Å². The van der Waals surface area contributed by atoms with Crippen LogP contribution in [-0.4, -0.2) is 6.10 Å². The van der Waals surface area contributed by atoms with Crippen LogP contribution < -0.4 is 5.48 Å². The second-order valence-corrected chi connectivity index (χ2v) is 7.02. The Balaban J connectivity index is 1.77. The molecule has 19 heavy (non-hydrogen) atoms. The molecule has 3 rings (SSSR count). The lowest BCUT2D eigenvalue weighted by Crippen LogP contribution is -2.33. The summed E-state index contributed by atoms with van der Waals surface area (Å²) in [7, 11) is 0. The van der Waals surface area contributed by atoms with Gasteiger partial charge in [-0.15, -0.1) is 0 Å². The number of nitrogens with one attached hydrogen (secondary N) is 1. The first kappa shape index (κ1) is 13.4. The number of fused-ring (bicyclic) bond motifs is 1. The van der Waals surface area contributed by atoms with E-state index in [1.54, 1.807) is 0 Å². The van der Waals surface area contributed by atoms with Gasteiger partial charge in [-0.3, -0.25) is 4.84 Å². The molecule has 2 aliphatic rings. The van der Waals surface area contributed by atoms with Crippen LogP contribution in [0.25, 0.3) is 0 Å². The molecule has 1 saturated carbocycles. The quantitative estimate of drug-likeness (QED) is 0.827. The Bertz CT molecular complexity index is 466. The SMILES string of the molecule is CC1(C)Cc2ccc(Cl)cc2C1NOC1CCCC1. The fourth-order valence-electron chi connectivity index (χ4n) is 3.40. The molecule has 0 amide bonds. The van der Waals surface area contributed by atoms with E-state index in [0.29, 0.717) is 6.10 Å². The van der Waals surface area contributed by atoms with Gasteiger partial charge >= 0.3 is 0 Å². The third-order valence-corrected chi connectivity index (χ3v) is 4.74. The van der Waals surface area contributed by atoms with Crippen LogP contribution in [-0.2, 0) is 11.3 Å². The molecule has 1 atom stereocenters. The summed E-state index contributed by atoms with van der Waals surface area (Å²) in [5, 5.41) is 0.809. The summed E-state index contributed by atoms with van der Waals surface area (Å²) in [6.07, 6.45) is 6.42. The molecule has 1 unspecified atom stereocenters. The van der Waals surface area contributed by atoms with Crippen LogP contribution in [0.5, 0.6) is 0 Å². The molecule has 2 nitrogen and oxygen atoms in total. The Morgan fingerprint density at radius 2 is 2.00 bits per heavy atom. The Kier molecular flexibility index (Phi) is 3.59. The second kappa shape index (κ2) is 5.08. The van der Waals surface area contributed by atoms with Crippen molar-refractivity contribution in [1.29, 1.82) is 0 Å². The van der Waals surface area contributed by atoms with E-state index in [4.69, 9.17) is 16.4 Å². The minimum atomic E-state index is 0.172. The van der Waals surface area contributed by atoms with Crippen molar-refractivity contribution in [2.75, 3.05) is 0 Å². The van der Waals surface area contributed by atoms with Crippen molar-refractivity contribution in [3.05, 3.63) is 34.3 Å². The van der Waals surface area contributed by atoms with Crippen LogP contribution in [0.4, 0.5) is 0 Å². The van der Waals surface area contributed by atoms with Gasteiger partial charge in [0.05, 0.1) is 12.1 Å². The molecule has 3 heteroatoms. The smallest absolute Gasteiger partial charge is 0.0790 e. The van der Waals surface area contributed by atoms with Gasteiger partial charge in [-0.05, 0) is 47.9 Å². The molecule has 1 aromatic rings. The monoisotopic (exact) mass is 279 g/mol. The third kappa shape index (κ3) is 2.67. The molecule has 1 N–H and O–H groups in total. The average molecular weight is 280 g/mol. The molecule has 0 saturated heterocycles. The zero-order valence-corrected chi connectivity index (χ0v) is 12.5. The van der Waals surface area contributed by atoms with Crippen LogP contribution in [0, 0.1) is 5.41 Å². The second-order valence-electron chi connectivity index (χ2n) is 6.58. The van der Waals surface area contributed by atoms with Crippen LogP contribution in [0.3, 0.4) is 0 Å². The molecular weight excluding hydrogens is 258 g/mol. The molecule has 1 fully saturated rings. The van der Waals surface area contributed by atoms with Crippen molar-refractivity contribution in [2.24, 2.45) is 5.41 Å². The first-order valence-electron chi connectivity index (χ1n) is 7.26. The highest BCUT2D eigenvalue weighted by Crippen LogP contribution is 2.46. The summed E-state index contributed by atoms with van der Waals surface area (Å²) in [6, 6.07) is 6.45. The summed E-state index contributed by atoms with van der Waals surface area (Å²) >= 11 is 6.14. The Morgan fingerprint density at radius 1 is 1.26 bits per heavy atom. The maximum absolute atomic E-state index is 6.14. The third-order valence-electron chi connectivity index (χ3n) is 4.50. The van der Waals surface area contributed by atoms with E-state index in [1.807, 2.05) is 6.07 Å². The van der Waals surface area contributed by atoms with Gasteiger partial charge in [0.25, 0.3) is 0 Å². The molecule has 0 heterocycles. The number of halogens is 1. The Labute approximate surface area is 120 Å². The van der Waals surface area contributed by atoms with Crippen LogP contribution in [0.2, 0.25) is 5.02 Å². The van der Waals surface area contributed by atoms with Crippen molar-refractivity contribution < 1.29 is 4.84 Å². The maximum Gasteiger partial charge on any atom is 0.0790 e. The fourth-order valence-corrected chi connectivity index (χ4v) is 3.58. The van der Waals surface area contributed by atoms with Gasteiger partial charge in [0.15, 0.2) is 0 Å². The zero-order valence-electron chi connectivity index (χ0n) is 11.7. The van der Waals surface area contributed by atoms with E-state index in [2.05, 4.69) is 31.5 Å². The molecule has 2 aliphatic carbocycles. The van der Waals surface area contributed by atoms with Gasteiger partial charge in [-0.2, -0.15) is 5.48 Å². The normalized spacial score (nSPS) is 25.7. The van der Waals surface area contributed by atoms with Gasteiger partial charge in [0.1, 0.15) is 0 Å². The number of rotatable bonds is 3. The minimum absolute atomic E-state index is 0.172. The number of hydroxylamine groups is 1. The Morgan fingerprint density at radius 3 is 2.74 bits per heavy atom. The lowest BCUT2D eigenvalue weighted by Gasteiger charge is -2.29. The molecule has 104 valence electrons. The summed E-state index contributed by atoms with van der Waals surface area (Å²) in [5.74, 6) is 0. The van der Waals surface area contributed by atoms with Crippen molar-refractivity contribution in [1.82, 2.24) is 5.48 Å². The van der Waals surface area contributed by atoms with E-state index in [0.717, 1.165) is 11.4 Å². The molecule has 0 radical (unpaired) electrons. The lowest BCUT2D eigenvalue weighted by atomic mass is 9.86. The lowest BCUT2D eigenvalue weighted by molar-refractivity contribution is -0.0596. The number of hydrogen-bond donors (Lipinski definition) is 1. The predicted octanol–water partition coefficient (Wildman–Crippen LogP) is 4.43. The van der Waals surface area contributed by atoms with Crippen LogP contribution in [0.15, 0.2) is 18.2 Å². The van der Waals surface area contributed by atoms with Crippen molar-refractivity contribution in [3.63, 3.8) is 0 Å². The summed E-state index contributed by atoms with van der Waals surface area (Å²) in [4.78, 5) is 5.93. The highest BCUT2D eigenvalue weighted by molar-refractivity contribution is 6.30.